The molecule has 4 nitrogen and oxygen atoms in total. The highest BCUT2D eigenvalue weighted by atomic mass is 32.2. The third-order valence-corrected chi connectivity index (χ3v) is 9.10. The minimum absolute atomic E-state index is 0.240. The molecule has 0 bridgehead atoms. The van der Waals surface area contributed by atoms with Crippen LogP contribution in [0.3, 0.4) is 0 Å². The van der Waals surface area contributed by atoms with Crippen LogP contribution in [-0.2, 0) is 23.0 Å². The second kappa shape index (κ2) is 13.1. The molecule has 8 heteroatoms. The zero-order chi connectivity index (χ0) is 29.7. The molecular formula is C32H44F3NO3S. The van der Waals surface area contributed by atoms with E-state index in [1.807, 2.05) is 19.1 Å². The average molecular weight is 580 g/mol. The lowest BCUT2D eigenvalue weighted by Gasteiger charge is -2.39. The fourth-order valence-electron chi connectivity index (χ4n) is 6.04. The maximum Gasteiger partial charge on any atom is 0.511 e. The summed E-state index contributed by atoms with van der Waals surface area (Å²) in [5.74, 6) is 2.82. The lowest BCUT2D eigenvalue weighted by Crippen LogP contribution is -2.40. The van der Waals surface area contributed by atoms with Crippen molar-refractivity contribution in [3.63, 3.8) is 0 Å². The zero-order valence-electron chi connectivity index (χ0n) is 24.6. The summed E-state index contributed by atoms with van der Waals surface area (Å²) >= 11 is 0. The summed E-state index contributed by atoms with van der Waals surface area (Å²) in [6.07, 6.45) is 8.30. The largest absolute Gasteiger partial charge is 0.511 e. The van der Waals surface area contributed by atoms with Gasteiger partial charge in [-0.1, -0.05) is 70.2 Å². The summed E-state index contributed by atoms with van der Waals surface area (Å²) in [6.45, 7) is 12.6. The van der Waals surface area contributed by atoms with Crippen LogP contribution in [0.2, 0.25) is 0 Å². The summed E-state index contributed by atoms with van der Waals surface area (Å²) in [5, 5.41) is 0. The Hall–Kier alpha value is -2.32. The van der Waals surface area contributed by atoms with E-state index < -0.39 is 22.1 Å². The van der Waals surface area contributed by atoms with Gasteiger partial charge in [-0.2, -0.15) is 17.5 Å². The first kappa shape index (κ1) is 32.2. The number of benzene rings is 2. The van der Waals surface area contributed by atoms with E-state index in [-0.39, 0.29) is 12.1 Å². The summed E-state index contributed by atoms with van der Waals surface area (Å²) in [7, 11) is -5.49. The number of nitrogens with zero attached hydrogens (tertiary/aromatic N) is 1. The van der Waals surface area contributed by atoms with Crippen molar-refractivity contribution in [2.75, 3.05) is 6.54 Å². The molecule has 1 heterocycles. The van der Waals surface area contributed by atoms with Crippen molar-refractivity contribution >= 4 is 16.1 Å². The third kappa shape index (κ3) is 8.59. The summed E-state index contributed by atoms with van der Waals surface area (Å²) < 4.78 is 71.6. The Balaban J connectivity index is 1.71. The van der Waals surface area contributed by atoms with Crippen LogP contribution in [0.5, 0.6) is 5.75 Å². The van der Waals surface area contributed by atoms with Crippen LogP contribution in [0.25, 0.3) is 6.08 Å². The summed E-state index contributed by atoms with van der Waals surface area (Å²) in [6, 6.07) is 12.2. The Kier molecular flexibility index (Phi) is 10.6. The van der Waals surface area contributed by atoms with Gasteiger partial charge in [0.05, 0.1) is 0 Å². The van der Waals surface area contributed by atoms with Crippen molar-refractivity contribution in [2.24, 2.45) is 17.8 Å². The molecule has 1 aliphatic rings. The van der Waals surface area contributed by atoms with Crippen LogP contribution in [0.4, 0.5) is 13.2 Å². The van der Waals surface area contributed by atoms with Crippen molar-refractivity contribution in [1.29, 1.82) is 0 Å². The number of hydrogen-bond donors (Lipinski definition) is 0. The predicted molar refractivity (Wildman–Crippen MR) is 156 cm³/mol. The first-order valence-electron chi connectivity index (χ1n) is 14.2. The first-order valence-corrected chi connectivity index (χ1v) is 15.6. The molecule has 0 unspecified atom stereocenters. The van der Waals surface area contributed by atoms with Gasteiger partial charge in [-0.05, 0) is 98.1 Å². The smallest absolute Gasteiger partial charge is 0.487 e. The quantitative estimate of drug-likeness (QED) is 0.253. The molecule has 2 aromatic rings. The Bertz CT molecular complexity index is 1260. The van der Waals surface area contributed by atoms with Crippen molar-refractivity contribution in [2.45, 2.75) is 91.3 Å². The molecule has 0 radical (unpaired) electrons. The number of halogens is 3. The highest BCUT2D eigenvalue weighted by Crippen LogP contribution is 2.40. The molecule has 2 aromatic carbocycles. The van der Waals surface area contributed by atoms with Gasteiger partial charge in [-0.25, -0.2) is 8.42 Å². The summed E-state index contributed by atoms with van der Waals surface area (Å²) in [5.41, 5.74) is -2.28. The van der Waals surface area contributed by atoms with Crippen LogP contribution < -0.4 is 4.74 Å². The molecule has 0 aromatic heterocycles. The Morgan fingerprint density at radius 3 is 2.35 bits per heavy atom. The van der Waals surface area contributed by atoms with Gasteiger partial charge in [-0.15, -0.1) is 0 Å². The minimum Gasteiger partial charge on any atom is -0.487 e. The van der Waals surface area contributed by atoms with Gasteiger partial charge >= 0.3 is 15.5 Å². The predicted octanol–water partition coefficient (Wildman–Crippen LogP) is 8.54. The SMILES string of the molecule is Cc1cc(/C=C/CN(Cc2ccccc2)S(=O)(=O)C(F)(F)F)cc2c1O[C@](C)(C[C@H](C)C[C@H](C)CC(C)C)CC2. The van der Waals surface area contributed by atoms with E-state index in [4.69, 9.17) is 4.74 Å². The van der Waals surface area contributed by atoms with Gasteiger partial charge in [0.15, 0.2) is 0 Å². The number of aryl methyl sites for hydroxylation is 2. The Morgan fingerprint density at radius 2 is 1.73 bits per heavy atom. The summed E-state index contributed by atoms with van der Waals surface area (Å²) in [4.78, 5) is 0. The van der Waals surface area contributed by atoms with Crippen molar-refractivity contribution in [3.05, 3.63) is 70.8 Å². The topological polar surface area (TPSA) is 46.6 Å². The van der Waals surface area contributed by atoms with E-state index >= 15 is 0 Å². The molecule has 0 N–H and O–H groups in total. The first-order chi connectivity index (χ1) is 18.6. The highest BCUT2D eigenvalue weighted by Gasteiger charge is 2.49. The maximum absolute atomic E-state index is 13.4. The van der Waals surface area contributed by atoms with Gasteiger partial charge in [0.2, 0.25) is 0 Å². The Morgan fingerprint density at radius 1 is 1.05 bits per heavy atom. The lowest BCUT2D eigenvalue weighted by atomic mass is 9.80. The molecule has 40 heavy (non-hydrogen) atoms. The van der Waals surface area contributed by atoms with Crippen molar-refractivity contribution in [1.82, 2.24) is 4.31 Å². The van der Waals surface area contributed by atoms with Crippen LogP contribution in [0.15, 0.2) is 48.5 Å². The second-order valence-corrected chi connectivity index (χ2v) is 14.2. The molecule has 0 saturated carbocycles. The monoisotopic (exact) mass is 579 g/mol. The molecule has 0 spiro atoms. The third-order valence-electron chi connectivity index (χ3n) is 7.56. The molecule has 1 aliphatic heterocycles. The number of fused-ring (bicyclic) bond motifs is 1. The van der Waals surface area contributed by atoms with Crippen LogP contribution in [0, 0.1) is 24.7 Å². The van der Waals surface area contributed by atoms with Crippen molar-refractivity contribution in [3.8, 4) is 5.75 Å². The van der Waals surface area contributed by atoms with Gasteiger partial charge in [-0.3, -0.25) is 0 Å². The standard InChI is InChI=1S/C32H44F3NO3S/c1-23(2)17-24(3)18-25(4)21-31(6)15-14-29-20-28(19-26(5)30(29)39-31)13-10-16-36(40(37,38)32(33,34)35)22-27-11-8-7-9-12-27/h7-13,19-20,23-25H,14-18,21-22H2,1-6H3/b13-10+/t24-,25-,31+/m1/s1. The number of alkyl halides is 3. The van der Waals surface area contributed by atoms with E-state index in [0.29, 0.717) is 27.6 Å². The Labute approximate surface area is 238 Å². The normalized spacial score (nSPS) is 19.6. The van der Waals surface area contributed by atoms with Gasteiger partial charge in [0.25, 0.3) is 0 Å². The molecule has 3 atom stereocenters. The fourth-order valence-corrected chi connectivity index (χ4v) is 6.94. The number of ether oxygens (including phenoxy) is 1. The van der Waals surface area contributed by atoms with E-state index in [9.17, 15) is 21.6 Å². The number of rotatable bonds is 12. The number of hydrogen-bond acceptors (Lipinski definition) is 3. The van der Waals surface area contributed by atoms with Crippen molar-refractivity contribution < 1.29 is 26.3 Å². The van der Waals surface area contributed by atoms with Gasteiger partial charge in [0, 0.05) is 13.1 Å². The maximum atomic E-state index is 13.4. The second-order valence-electron chi connectivity index (χ2n) is 12.3. The van der Waals surface area contributed by atoms with E-state index in [2.05, 4.69) is 34.6 Å². The molecule has 222 valence electrons. The molecule has 0 amide bonds. The van der Waals surface area contributed by atoms with E-state index in [1.54, 1.807) is 36.4 Å². The van der Waals surface area contributed by atoms with Crippen LogP contribution in [0.1, 0.15) is 82.6 Å². The van der Waals surface area contributed by atoms with Gasteiger partial charge in [0.1, 0.15) is 11.4 Å². The molecule has 0 saturated heterocycles. The molecule has 0 fully saturated rings. The zero-order valence-corrected chi connectivity index (χ0v) is 25.4. The van der Waals surface area contributed by atoms with E-state index in [0.717, 1.165) is 41.7 Å². The molecule has 0 aliphatic carbocycles. The molecule has 3 rings (SSSR count). The number of sulfonamides is 1. The van der Waals surface area contributed by atoms with E-state index in [1.165, 1.54) is 18.9 Å². The molecular weight excluding hydrogens is 535 g/mol. The fraction of sp³-hybridized carbons (Fsp3) is 0.562. The lowest BCUT2D eigenvalue weighted by molar-refractivity contribution is -0.0488. The van der Waals surface area contributed by atoms with Crippen LogP contribution >= 0.6 is 0 Å². The van der Waals surface area contributed by atoms with Gasteiger partial charge < -0.3 is 4.74 Å². The highest BCUT2D eigenvalue weighted by molar-refractivity contribution is 7.89. The average Bonchev–Trinajstić information content (AvgIpc) is 2.83. The van der Waals surface area contributed by atoms with Crippen LogP contribution in [-0.4, -0.2) is 30.4 Å². The minimum atomic E-state index is -5.49.